The van der Waals surface area contributed by atoms with Gasteiger partial charge in [-0.2, -0.15) is 0 Å². The Morgan fingerprint density at radius 1 is 1.00 bits per heavy atom. The topological polar surface area (TPSA) is 59.1 Å². The van der Waals surface area contributed by atoms with Gasteiger partial charge < -0.3 is 9.47 Å². The molecule has 0 aromatic heterocycles. The number of carbonyl (C=O) groups excluding carboxylic acids is 2. The normalized spacial score (nSPS) is 17.0. The molecule has 3 aromatic carbocycles. The van der Waals surface area contributed by atoms with E-state index in [0.29, 0.717) is 25.7 Å². The second kappa shape index (κ2) is 9.48. The largest absolute Gasteiger partial charge is 0.454 e. The van der Waals surface area contributed by atoms with Gasteiger partial charge in [-0.05, 0) is 54.1 Å². The molecular formula is C26H17ClN2O4S3. The van der Waals surface area contributed by atoms with Crippen molar-refractivity contribution in [1.29, 1.82) is 0 Å². The number of anilines is 2. The minimum absolute atomic E-state index is 0.106. The summed E-state index contributed by atoms with van der Waals surface area (Å²) in [6.07, 6.45) is 1.88. The van der Waals surface area contributed by atoms with Crippen molar-refractivity contribution >= 4 is 80.9 Å². The third-order valence-corrected chi connectivity index (χ3v) is 8.60. The van der Waals surface area contributed by atoms with Crippen molar-refractivity contribution in [3.05, 3.63) is 76.2 Å². The predicted octanol–water partition coefficient (Wildman–Crippen LogP) is 6.49. The van der Waals surface area contributed by atoms with Crippen LogP contribution in [0.4, 0.5) is 11.4 Å². The van der Waals surface area contributed by atoms with Crippen LogP contribution in [-0.4, -0.2) is 34.4 Å². The van der Waals surface area contributed by atoms with Crippen LogP contribution in [-0.2, 0) is 9.59 Å². The fraction of sp³-hybridized carbons (Fsp3) is 0.115. The maximum atomic E-state index is 13.5. The number of para-hydroxylation sites is 1. The summed E-state index contributed by atoms with van der Waals surface area (Å²) in [5.74, 6) is 0.970. The molecule has 3 aliphatic heterocycles. The highest BCUT2D eigenvalue weighted by Gasteiger charge is 2.34. The Hall–Kier alpha value is -2.98. The lowest BCUT2D eigenvalue weighted by atomic mass is 10.2. The Morgan fingerprint density at radius 2 is 1.81 bits per heavy atom. The third kappa shape index (κ3) is 4.26. The summed E-state index contributed by atoms with van der Waals surface area (Å²) in [4.78, 5) is 32.3. The van der Waals surface area contributed by atoms with Crippen LogP contribution in [0.2, 0.25) is 5.02 Å². The smallest absolute Gasteiger partial charge is 0.266 e. The zero-order chi connectivity index (χ0) is 24.8. The van der Waals surface area contributed by atoms with Gasteiger partial charge in [0.25, 0.3) is 5.91 Å². The van der Waals surface area contributed by atoms with Gasteiger partial charge in [0.05, 0.1) is 16.3 Å². The molecule has 0 spiro atoms. The zero-order valence-electron chi connectivity index (χ0n) is 18.6. The van der Waals surface area contributed by atoms with Crippen molar-refractivity contribution in [2.45, 2.75) is 16.2 Å². The van der Waals surface area contributed by atoms with Crippen LogP contribution in [0.3, 0.4) is 0 Å². The highest BCUT2D eigenvalue weighted by Crippen LogP contribution is 2.49. The molecule has 3 aromatic rings. The summed E-state index contributed by atoms with van der Waals surface area (Å²) in [6, 6.07) is 18.8. The maximum Gasteiger partial charge on any atom is 0.266 e. The Kier molecular flexibility index (Phi) is 6.17. The van der Waals surface area contributed by atoms with Gasteiger partial charge in [0.15, 0.2) is 11.5 Å². The van der Waals surface area contributed by atoms with E-state index in [0.717, 1.165) is 26.7 Å². The Labute approximate surface area is 226 Å². The summed E-state index contributed by atoms with van der Waals surface area (Å²) >= 11 is 14.6. The van der Waals surface area contributed by atoms with Gasteiger partial charge in [-0.1, -0.05) is 65.5 Å². The number of carbonyl (C=O) groups is 2. The molecule has 3 heterocycles. The number of nitrogens with zero attached hydrogens (tertiary/aromatic N) is 2. The molecule has 0 unspecified atom stereocenters. The fourth-order valence-electron chi connectivity index (χ4n) is 4.16. The molecule has 6 rings (SSSR count). The van der Waals surface area contributed by atoms with E-state index < -0.39 is 0 Å². The Balaban J connectivity index is 1.21. The summed E-state index contributed by atoms with van der Waals surface area (Å²) < 4.78 is 11.2. The van der Waals surface area contributed by atoms with Crippen molar-refractivity contribution < 1.29 is 19.1 Å². The third-order valence-electron chi connectivity index (χ3n) is 5.85. The summed E-state index contributed by atoms with van der Waals surface area (Å²) in [5.41, 5.74) is 2.35. The predicted molar refractivity (Wildman–Crippen MR) is 146 cm³/mol. The number of benzene rings is 3. The van der Waals surface area contributed by atoms with E-state index in [4.69, 9.17) is 33.3 Å². The van der Waals surface area contributed by atoms with Crippen LogP contribution in [0.25, 0.3) is 6.08 Å². The first kappa shape index (κ1) is 23.4. The number of hydrogen-bond donors (Lipinski definition) is 0. The first-order chi connectivity index (χ1) is 17.5. The van der Waals surface area contributed by atoms with Crippen molar-refractivity contribution in [3.63, 3.8) is 0 Å². The van der Waals surface area contributed by atoms with E-state index in [1.165, 1.54) is 16.7 Å². The van der Waals surface area contributed by atoms with Gasteiger partial charge >= 0.3 is 0 Å². The maximum absolute atomic E-state index is 13.5. The molecule has 0 bridgehead atoms. The number of thioether (sulfide) groups is 1. The number of halogens is 1. The summed E-state index contributed by atoms with van der Waals surface area (Å²) in [7, 11) is 0. The molecule has 1 saturated heterocycles. The van der Waals surface area contributed by atoms with Crippen molar-refractivity contribution in [3.8, 4) is 11.5 Å². The van der Waals surface area contributed by atoms with Crippen LogP contribution < -0.4 is 14.4 Å². The van der Waals surface area contributed by atoms with Gasteiger partial charge in [-0.3, -0.25) is 19.4 Å². The molecule has 180 valence electrons. The molecule has 0 aliphatic carbocycles. The van der Waals surface area contributed by atoms with E-state index in [1.54, 1.807) is 28.8 Å². The fourth-order valence-corrected chi connectivity index (χ4v) is 6.68. The van der Waals surface area contributed by atoms with Crippen LogP contribution in [0.1, 0.15) is 12.0 Å². The van der Waals surface area contributed by atoms with Gasteiger partial charge in [0.2, 0.25) is 12.7 Å². The molecule has 0 radical (unpaired) electrons. The summed E-state index contributed by atoms with van der Waals surface area (Å²) in [6.45, 7) is 0.371. The van der Waals surface area contributed by atoms with Crippen LogP contribution in [0.5, 0.6) is 11.5 Å². The van der Waals surface area contributed by atoms with E-state index in [2.05, 4.69) is 0 Å². The standard InChI is InChI=1S/C26H17ClN2O4S3/c27-16-6-8-22-18(13-16)29(17-3-1-2-4-21(17)35-22)24(30)9-10-28-25(31)23(36-26(28)34)12-15-5-7-19-20(11-15)33-14-32-19/h1-8,11-13H,9-10,14H2. The number of ether oxygens (including phenoxy) is 2. The second-order valence-corrected chi connectivity index (χ2v) is 11.3. The van der Waals surface area contributed by atoms with Crippen LogP contribution in [0, 0.1) is 0 Å². The first-order valence-corrected chi connectivity index (χ1v) is 13.4. The van der Waals surface area contributed by atoms with Gasteiger partial charge in [-0.15, -0.1) is 0 Å². The molecule has 3 aliphatic rings. The van der Waals surface area contributed by atoms with Gasteiger partial charge in [0.1, 0.15) is 4.32 Å². The molecule has 36 heavy (non-hydrogen) atoms. The van der Waals surface area contributed by atoms with Crippen molar-refractivity contribution in [2.24, 2.45) is 0 Å². The number of hydrogen-bond acceptors (Lipinski definition) is 7. The molecule has 6 nitrogen and oxygen atoms in total. The highest BCUT2D eigenvalue weighted by atomic mass is 35.5. The number of thiocarbonyl (C=S) groups is 1. The SMILES string of the molecule is O=C1C(=Cc2ccc3c(c2)OCO3)SC(=S)N1CCC(=O)N1c2ccccc2Sc2ccc(Cl)cc21. The van der Waals surface area contributed by atoms with Crippen molar-refractivity contribution in [1.82, 2.24) is 4.90 Å². The first-order valence-electron chi connectivity index (χ1n) is 11.0. The molecule has 0 N–H and O–H groups in total. The molecule has 2 amide bonds. The lowest BCUT2D eigenvalue weighted by molar-refractivity contribution is -0.123. The number of amides is 2. The Bertz CT molecular complexity index is 1480. The van der Waals surface area contributed by atoms with Crippen LogP contribution >= 0.6 is 47.3 Å². The van der Waals surface area contributed by atoms with E-state index >= 15 is 0 Å². The minimum Gasteiger partial charge on any atom is -0.454 e. The van der Waals surface area contributed by atoms with Gasteiger partial charge in [-0.25, -0.2) is 0 Å². The average molecular weight is 553 g/mol. The average Bonchev–Trinajstić information content (AvgIpc) is 3.44. The van der Waals surface area contributed by atoms with Gasteiger partial charge in [0, 0.05) is 27.8 Å². The van der Waals surface area contributed by atoms with E-state index in [-0.39, 0.29) is 31.6 Å². The number of rotatable bonds is 4. The minimum atomic E-state index is -0.214. The highest BCUT2D eigenvalue weighted by molar-refractivity contribution is 8.26. The second-order valence-electron chi connectivity index (χ2n) is 8.11. The Morgan fingerprint density at radius 3 is 2.69 bits per heavy atom. The van der Waals surface area contributed by atoms with E-state index in [1.807, 2.05) is 54.6 Å². The lowest BCUT2D eigenvalue weighted by Crippen LogP contribution is -2.35. The quantitative estimate of drug-likeness (QED) is 0.271. The molecule has 1 fully saturated rings. The molecule has 10 heteroatoms. The lowest BCUT2D eigenvalue weighted by Gasteiger charge is -2.31. The monoisotopic (exact) mass is 552 g/mol. The molecular weight excluding hydrogens is 536 g/mol. The van der Waals surface area contributed by atoms with E-state index in [9.17, 15) is 9.59 Å². The molecule has 0 saturated carbocycles. The zero-order valence-corrected chi connectivity index (χ0v) is 21.8. The van der Waals surface area contributed by atoms with Crippen molar-refractivity contribution in [2.75, 3.05) is 18.2 Å². The van der Waals surface area contributed by atoms with Crippen LogP contribution in [0.15, 0.2) is 75.4 Å². The summed E-state index contributed by atoms with van der Waals surface area (Å²) in [5, 5.41) is 0.553. The molecule has 0 atom stereocenters. The number of fused-ring (bicyclic) bond motifs is 3.